The Morgan fingerprint density at radius 3 is 2.74 bits per heavy atom. The summed E-state index contributed by atoms with van der Waals surface area (Å²) in [6.45, 7) is 0.0370. The van der Waals surface area contributed by atoms with Gasteiger partial charge in [-0.1, -0.05) is 17.7 Å². The number of benzene rings is 1. The molecule has 0 saturated heterocycles. The molecule has 0 spiro atoms. The fourth-order valence-corrected chi connectivity index (χ4v) is 3.94. The Labute approximate surface area is 199 Å². The van der Waals surface area contributed by atoms with Gasteiger partial charge in [0.1, 0.15) is 5.82 Å². The Kier molecular flexibility index (Phi) is 6.01. The third-order valence-electron chi connectivity index (χ3n) is 5.46. The quantitative estimate of drug-likeness (QED) is 0.350. The minimum absolute atomic E-state index is 0.0370. The van der Waals surface area contributed by atoms with Crippen LogP contribution in [0.3, 0.4) is 0 Å². The summed E-state index contributed by atoms with van der Waals surface area (Å²) in [6, 6.07) is 16.0. The molecule has 1 amide bonds. The van der Waals surface area contributed by atoms with Crippen LogP contribution in [0.5, 0.6) is 0 Å². The van der Waals surface area contributed by atoms with Crippen LogP contribution in [-0.4, -0.2) is 25.8 Å². The topological polar surface area (TPSA) is 83.6 Å². The van der Waals surface area contributed by atoms with E-state index in [1.54, 1.807) is 43.0 Å². The number of hydrogen-bond acceptors (Lipinski definition) is 4. The smallest absolute Gasteiger partial charge is 0.251 e. The van der Waals surface area contributed by atoms with Crippen LogP contribution in [-0.2, 0) is 13.0 Å². The number of nitrogens with one attached hydrogen (secondary N) is 2. The second kappa shape index (κ2) is 9.41. The largest absolute Gasteiger partial charge is 0.360 e. The van der Waals surface area contributed by atoms with Crippen molar-refractivity contribution in [3.05, 3.63) is 113 Å². The van der Waals surface area contributed by atoms with Crippen LogP contribution in [0.1, 0.15) is 27.3 Å². The summed E-state index contributed by atoms with van der Waals surface area (Å²) in [4.78, 5) is 28.8. The van der Waals surface area contributed by atoms with E-state index >= 15 is 0 Å². The minimum Gasteiger partial charge on any atom is -0.360 e. The van der Waals surface area contributed by atoms with Crippen molar-refractivity contribution < 1.29 is 9.18 Å². The Morgan fingerprint density at radius 1 is 1.03 bits per heavy atom. The number of carbonyl (C=O) groups excluding carboxylic acids is 1. The standard InChI is InChI=1S/C26H19ClFN5O/c27-22-15-31-25-13-23(28)18(11-21(22)25)14-32-26(34)17-6-9-30-20(10-17)12-19-2-1-3-24(33-19)16-4-7-29-8-5-16/h1-11,13,15,31H,12,14H2,(H,32,34). The van der Waals surface area contributed by atoms with Crippen LogP contribution in [0.2, 0.25) is 5.02 Å². The molecule has 8 heteroatoms. The van der Waals surface area contributed by atoms with E-state index in [4.69, 9.17) is 16.6 Å². The molecular formula is C26H19ClFN5O. The Morgan fingerprint density at radius 2 is 1.88 bits per heavy atom. The summed E-state index contributed by atoms with van der Waals surface area (Å²) in [6.07, 6.45) is 7.11. The van der Waals surface area contributed by atoms with Crippen LogP contribution < -0.4 is 5.32 Å². The van der Waals surface area contributed by atoms with Gasteiger partial charge in [0.2, 0.25) is 0 Å². The van der Waals surface area contributed by atoms with Crippen molar-refractivity contribution in [2.45, 2.75) is 13.0 Å². The molecular weight excluding hydrogens is 453 g/mol. The molecule has 0 aliphatic carbocycles. The van der Waals surface area contributed by atoms with Gasteiger partial charge in [-0.25, -0.2) is 4.39 Å². The predicted octanol–water partition coefficient (Wildman–Crippen LogP) is 5.33. The van der Waals surface area contributed by atoms with Gasteiger partial charge in [0.25, 0.3) is 5.91 Å². The number of halogens is 2. The zero-order chi connectivity index (χ0) is 23.5. The summed E-state index contributed by atoms with van der Waals surface area (Å²) in [5.41, 5.74) is 4.76. The van der Waals surface area contributed by atoms with Crippen molar-refractivity contribution in [3.8, 4) is 11.3 Å². The van der Waals surface area contributed by atoms with Crippen LogP contribution >= 0.6 is 11.6 Å². The number of aromatic nitrogens is 4. The molecule has 6 nitrogen and oxygen atoms in total. The highest BCUT2D eigenvalue weighted by Crippen LogP contribution is 2.26. The molecule has 0 bridgehead atoms. The van der Waals surface area contributed by atoms with E-state index in [1.807, 2.05) is 30.3 Å². The normalized spacial score (nSPS) is 11.0. The number of H-pyrrole nitrogens is 1. The van der Waals surface area contributed by atoms with Gasteiger partial charge in [-0.15, -0.1) is 0 Å². The fraction of sp³-hybridized carbons (Fsp3) is 0.0769. The first kappa shape index (κ1) is 21.7. The fourth-order valence-electron chi connectivity index (χ4n) is 3.73. The van der Waals surface area contributed by atoms with Gasteiger partial charge in [0.15, 0.2) is 0 Å². The molecule has 0 fully saturated rings. The van der Waals surface area contributed by atoms with E-state index in [-0.39, 0.29) is 12.5 Å². The number of nitrogens with zero attached hydrogens (tertiary/aromatic N) is 3. The summed E-state index contributed by atoms with van der Waals surface area (Å²) in [7, 11) is 0. The van der Waals surface area contributed by atoms with Gasteiger partial charge in [0, 0.05) is 76.7 Å². The Hall–Kier alpha value is -4.10. The molecule has 168 valence electrons. The van der Waals surface area contributed by atoms with Crippen molar-refractivity contribution >= 4 is 28.4 Å². The van der Waals surface area contributed by atoms with E-state index in [1.165, 1.54) is 6.07 Å². The minimum atomic E-state index is -0.415. The predicted molar refractivity (Wildman–Crippen MR) is 129 cm³/mol. The highest BCUT2D eigenvalue weighted by Gasteiger charge is 2.12. The third-order valence-corrected chi connectivity index (χ3v) is 5.77. The summed E-state index contributed by atoms with van der Waals surface area (Å²) in [5, 5.41) is 3.98. The molecule has 34 heavy (non-hydrogen) atoms. The molecule has 5 aromatic rings. The Balaban J connectivity index is 1.29. The van der Waals surface area contributed by atoms with E-state index in [2.05, 4.69) is 20.3 Å². The molecule has 0 aliphatic heterocycles. The first-order chi connectivity index (χ1) is 16.6. The molecule has 0 saturated carbocycles. The zero-order valence-electron chi connectivity index (χ0n) is 17.9. The number of rotatable bonds is 6. The van der Waals surface area contributed by atoms with Gasteiger partial charge in [-0.3, -0.25) is 19.7 Å². The maximum Gasteiger partial charge on any atom is 0.251 e. The van der Waals surface area contributed by atoms with E-state index in [0.717, 1.165) is 17.0 Å². The van der Waals surface area contributed by atoms with Gasteiger partial charge in [-0.05, 0) is 48.5 Å². The molecule has 1 aromatic carbocycles. The second-order valence-corrected chi connectivity index (χ2v) is 8.18. The van der Waals surface area contributed by atoms with Crippen molar-refractivity contribution in [2.75, 3.05) is 0 Å². The molecule has 0 radical (unpaired) electrons. The lowest BCUT2D eigenvalue weighted by Crippen LogP contribution is -2.23. The number of carbonyl (C=O) groups is 1. The van der Waals surface area contributed by atoms with Gasteiger partial charge >= 0.3 is 0 Å². The number of fused-ring (bicyclic) bond motifs is 1. The van der Waals surface area contributed by atoms with Crippen LogP contribution in [0.4, 0.5) is 4.39 Å². The average molecular weight is 472 g/mol. The summed E-state index contributed by atoms with van der Waals surface area (Å²) in [5.74, 6) is -0.733. The first-order valence-electron chi connectivity index (χ1n) is 10.6. The molecule has 2 N–H and O–H groups in total. The monoisotopic (exact) mass is 471 g/mol. The van der Waals surface area contributed by atoms with Crippen molar-refractivity contribution in [1.29, 1.82) is 0 Å². The molecule has 0 atom stereocenters. The van der Waals surface area contributed by atoms with E-state index in [9.17, 15) is 9.18 Å². The number of pyridine rings is 3. The highest BCUT2D eigenvalue weighted by atomic mass is 35.5. The molecule has 0 unspecified atom stereocenters. The lowest BCUT2D eigenvalue weighted by Gasteiger charge is -2.09. The molecule has 0 aliphatic rings. The van der Waals surface area contributed by atoms with Gasteiger partial charge in [-0.2, -0.15) is 0 Å². The highest BCUT2D eigenvalue weighted by molar-refractivity contribution is 6.35. The maximum atomic E-state index is 14.4. The zero-order valence-corrected chi connectivity index (χ0v) is 18.7. The summed E-state index contributed by atoms with van der Waals surface area (Å²) < 4.78 is 14.4. The van der Waals surface area contributed by atoms with Crippen molar-refractivity contribution in [2.24, 2.45) is 0 Å². The lowest BCUT2D eigenvalue weighted by molar-refractivity contribution is 0.0950. The van der Waals surface area contributed by atoms with Gasteiger partial charge < -0.3 is 10.3 Å². The SMILES string of the molecule is O=C(NCc1cc2c(Cl)c[nH]c2cc1F)c1ccnc(Cc2cccc(-c3ccncc3)n2)c1. The summed E-state index contributed by atoms with van der Waals surface area (Å²) >= 11 is 6.13. The second-order valence-electron chi connectivity index (χ2n) is 7.77. The molecule has 5 rings (SSSR count). The molecule has 4 heterocycles. The van der Waals surface area contributed by atoms with Crippen molar-refractivity contribution in [1.82, 2.24) is 25.3 Å². The third kappa shape index (κ3) is 4.65. The number of aromatic amines is 1. The number of amides is 1. The van der Waals surface area contributed by atoms with Crippen molar-refractivity contribution in [3.63, 3.8) is 0 Å². The van der Waals surface area contributed by atoms with Crippen LogP contribution in [0.15, 0.2) is 79.4 Å². The first-order valence-corrected chi connectivity index (χ1v) is 11.0. The number of hydrogen-bond donors (Lipinski definition) is 2. The molecule has 4 aromatic heterocycles. The van der Waals surface area contributed by atoms with E-state index in [0.29, 0.717) is 39.2 Å². The van der Waals surface area contributed by atoms with Crippen LogP contribution in [0.25, 0.3) is 22.2 Å². The maximum absolute atomic E-state index is 14.4. The average Bonchev–Trinajstić information content (AvgIpc) is 3.22. The van der Waals surface area contributed by atoms with Gasteiger partial charge in [0.05, 0.1) is 10.7 Å². The van der Waals surface area contributed by atoms with Crippen LogP contribution in [0, 0.1) is 5.82 Å². The lowest BCUT2D eigenvalue weighted by atomic mass is 10.1. The van der Waals surface area contributed by atoms with E-state index < -0.39 is 5.82 Å². The Bertz CT molecular complexity index is 1490.